The SMILES string of the molecule is CCCN(CC(=O)c1ccccc1)C(=O)c1ccc(-c2ccccc2)cc1. The van der Waals surface area contributed by atoms with Gasteiger partial charge in [0.1, 0.15) is 0 Å². The van der Waals surface area contributed by atoms with Crippen LogP contribution in [0.4, 0.5) is 0 Å². The van der Waals surface area contributed by atoms with E-state index in [4.69, 9.17) is 0 Å². The highest BCUT2D eigenvalue weighted by Crippen LogP contribution is 2.20. The molecule has 1 amide bonds. The van der Waals surface area contributed by atoms with Crippen molar-refractivity contribution in [3.8, 4) is 11.1 Å². The minimum atomic E-state index is -0.110. The first-order valence-electron chi connectivity index (χ1n) is 9.22. The highest BCUT2D eigenvalue weighted by atomic mass is 16.2. The average Bonchev–Trinajstić information content (AvgIpc) is 2.74. The minimum Gasteiger partial charge on any atom is -0.331 e. The topological polar surface area (TPSA) is 37.4 Å². The zero-order valence-electron chi connectivity index (χ0n) is 15.5. The Hall–Kier alpha value is -3.20. The van der Waals surface area contributed by atoms with Crippen LogP contribution in [0.25, 0.3) is 11.1 Å². The zero-order chi connectivity index (χ0) is 19.1. The molecule has 0 aromatic heterocycles. The molecule has 0 aliphatic rings. The molecule has 136 valence electrons. The molecular weight excluding hydrogens is 334 g/mol. The van der Waals surface area contributed by atoms with Gasteiger partial charge in [0.05, 0.1) is 6.54 Å². The molecule has 27 heavy (non-hydrogen) atoms. The van der Waals surface area contributed by atoms with E-state index < -0.39 is 0 Å². The summed E-state index contributed by atoms with van der Waals surface area (Å²) in [6.07, 6.45) is 0.801. The summed E-state index contributed by atoms with van der Waals surface area (Å²) in [6, 6.07) is 26.7. The average molecular weight is 357 g/mol. The molecule has 0 aliphatic carbocycles. The van der Waals surface area contributed by atoms with Gasteiger partial charge in [0, 0.05) is 17.7 Å². The van der Waals surface area contributed by atoms with E-state index in [2.05, 4.69) is 0 Å². The van der Waals surface area contributed by atoms with E-state index in [-0.39, 0.29) is 18.2 Å². The third-order valence-electron chi connectivity index (χ3n) is 4.45. The molecule has 0 radical (unpaired) electrons. The second-order valence-electron chi connectivity index (χ2n) is 6.46. The van der Waals surface area contributed by atoms with Gasteiger partial charge in [-0.1, -0.05) is 79.7 Å². The fourth-order valence-corrected chi connectivity index (χ4v) is 3.03. The highest BCUT2D eigenvalue weighted by Gasteiger charge is 2.19. The van der Waals surface area contributed by atoms with Crippen molar-refractivity contribution in [2.45, 2.75) is 13.3 Å². The number of ketones is 1. The normalized spacial score (nSPS) is 10.4. The molecule has 3 heteroatoms. The summed E-state index contributed by atoms with van der Waals surface area (Å²) in [5, 5.41) is 0. The molecule has 0 spiro atoms. The standard InChI is InChI=1S/C24H23NO2/c1-2-17-25(18-23(26)21-11-7-4-8-12-21)24(27)22-15-13-20(14-16-22)19-9-5-3-6-10-19/h3-16H,2,17-18H2,1H3. The van der Waals surface area contributed by atoms with E-state index in [1.54, 1.807) is 17.0 Å². The van der Waals surface area contributed by atoms with Gasteiger partial charge in [-0.05, 0) is 29.7 Å². The number of Topliss-reactive ketones (excluding diaryl/α,β-unsaturated/α-hetero) is 1. The van der Waals surface area contributed by atoms with E-state index in [1.807, 2.05) is 79.7 Å². The zero-order valence-corrected chi connectivity index (χ0v) is 15.5. The van der Waals surface area contributed by atoms with Gasteiger partial charge >= 0.3 is 0 Å². The molecule has 0 atom stereocenters. The largest absolute Gasteiger partial charge is 0.331 e. The lowest BCUT2D eigenvalue weighted by Crippen LogP contribution is -2.36. The van der Waals surface area contributed by atoms with Crippen LogP contribution in [0.15, 0.2) is 84.9 Å². The molecule has 3 rings (SSSR count). The van der Waals surface area contributed by atoms with Gasteiger partial charge in [-0.25, -0.2) is 0 Å². The molecule has 0 unspecified atom stereocenters. The number of carbonyl (C=O) groups excluding carboxylic acids is 2. The van der Waals surface area contributed by atoms with Crippen molar-refractivity contribution in [1.82, 2.24) is 4.90 Å². The number of benzene rings is 3. The summed E-state index contributed by atoms with van der Waals surface area (Å²) in [7, 11) is 0. The first kappa shape index (κ1) is 18.6. The number of nitrogens with zero attached hydrogens (tertiary/aromatic N) is 1. The van der Waals surface area contributed by atoms with Crippen molar-refractivity contribution in [3.63, 3.8) is 0 Å². The maximum Gasteiger partial charge on any atom is 0.254 e. The third-order valence-corrected chi connectivity index (χ3v) is 4.45. The Labute approximate surface area is 160 Å². The Morgan fingerprint density at radius 3 is 1.85 bits per heavy atom. The predicted octanol–water partition coefficient (Wildman–Crippen LogP) is 5.09. The van der Waals surface area contributed by atoms with Crippen LogP contribution in [0.1, 0.15) is 34.1 Å². The number of carbonyl (C=O) groups is 2. The maximum atomic E-state index is 12.9. The third kappa shape index (κ3) is 4.70. The monoisotopic (exact) mass is 357 g/mol. The Morgan fingerprint density at radius 1 is 0.704 bits per heavy atom. The van der Waals surface area contributed by atoms with Crippen LogP contribution >= 0.6 is 0 Å². The highest BCUT2D eigenvalue weighted by molar-refractivity contribution is 6.02. The van der Waals surface area contributed by atoms with Crippen molar-refractivity contribution in [2.75, 3.05) is 13.1 Å². The molecule has 0 bridgehead atoms. The summed E-state index contributed by atoms with van der Waals surface area (Å²) in [6.45, 7) is 2.65. The van der Waals surface area contributed by atoms with Crippen LogP contribution in [0, 0.1) is 0 Å². The van der Waals surface area contributed by atoms with Crippen molar-refractivity contribution in [2.24, 2.45) is 0 Å². The summed E-state index contributed by atoms with van der Waals surface area (Å²) < 4.78 is 0. The maximum absolute atomic E-state index is 12.9. The summed E-state index contributed by atoms with van der Waals surface area (Å²) in [5.41, 5.74) is 3.41. The molecule has 3 nitrogen and oxygen atoms in total. The summed E-state index contributed by atoms with van der Waals surface area (Å²) in [4.78, 5) is 27.1. The van der Waals surface area contributed by atoms with E-state index in [0.29, 0.717) is 17.7 Å². The van der Waals surface area contributed by atoms with Crippen molar-refractivity contribution < 1.29 is 9.59 Å². The molecule has 0 aliphatic heterocycles. The van der Waals surface area contributed by atoms with E-state index >= 15 is 0 Å². The van der Waals surface area contributed by atoms with E-state index in [1.165, 1.54) is 0 Å². The summed E-state index contributed by atoms with van der Waals surface area (Å²) >= 11 is 0. The Kier molecular flexibility index (Phi) is 6.16. The lowest BCUT2D eigenvalue weighted by Gasteiger charge is -2.21. The van der Waals surface area contributed by atoms with Crippen LogP contribution in [-0.4, -0.2) is 29.7 Å². The minimum absolute atomic E-state index is 0.0432. The van der Waals surface area contributed by atoms with Gasteiger partial charge in [0.2, 0.25) is 0 Å². The van der Waals surface area contributed by atoms with Crippen LogP contribution in [0.5, 0.6) is 0 Å². The van der Waals surface area contributed by atoms with Gasteiger partial charge in [0.15, 0.2) is 5.78 Å². The molecule has 0 N–H and O–H groups in total. The molecular formula is C24H23NO2. The van der Waals surface area contributed by atoms with Gasteiger partial charge in [-0.2, -0.15) is 0 Å². The Morgan fingerprint density at radius 2 is 1.26 bits per heavy atom. The molecule has 0 heterocycles. The number of hydrogen-bond acceptors (Lipinski definition) is 2. The van der Waals surface area contributed by atoms with Crippen LogP contribution < -0.4 is 0 Å². The van der Waals surface area contributed by atoms with E-state index in [9.17, 15) is 9.59 Å². The predicted molar refractivity (Wildman–Crippen MR) is 109 cm³/mol. The summed E-state index contributed by atoms with van der Waals surface area (Å²) in [5.74, 6) is -0.154. The lowest BCUT2D eigenvalue weighted by molar-refractivity contribution is 0.0709. The quantitative estimate of drug-likeness (QED) is 0.552. The molecule has 0 fully saturated rings. The Balaban J connectivity index is 1.75. The van der Waals surface area contributed by atoms with Gasteiger partial charge in [-0.3, -0.25) is 9.59 Å². The first-order valence-corrected chi connectivity index (χ1v) is 9.22. The Bertz CT molecular complexity index is 887. The van der Waals surface area contributed by atoms with Crippen molar-refractivity contribution >= 4 is 11.7 Å². The van der Waals surface area contributed by atoms with Crippen LogP contribution in [0.3, 0.4) is 0 Å². The number of hydrogen-bond donors (Lipinski definition) is 0. The van der Waals surface area contributed by atoms with E-state index in [0.717, 1.165) is 17.5 Å². The fourth-order valence-electron chi connectivity index (χ4n) is 3.03. The van der Waals surface area contributed by atoms with Gasteiger partial charge < -0.3 is 4.90 Å². The van der Waals surface area contributed by atoms with Crippen LogP contribution in [-0.2, 0) is 0 Å². The molecule has 3 aromatic rings. The van der Waals surface area contributed by atoms with Gasteiger partial charge in [0.25, 0.3) is 5.91 Å². The number of rotatable bonds is 7. The van der Waals surface area contributed by atoms with Crippen molar-refractivity contribution in [1.29, 1.82) is 0 Å². The number of amides is 1. The fraction of sp³-hybridized carbons (Fsp3) is 0.167. The van der Waals surface area contributed by atoms with Crippen molar-refractivity contribution in [3.05, 3.63) is 96.1 Å². The second-order valence-corrected chi connectivity index (χ2v) is 6.46. The smallest absolute Gasteiger partial charge is 0.254 e. The van der Waals surface area contributed by atoms with Crippen LogP contribution in [0.2, 0.25) is 0 Å². The second kappa shape index (κ2) is 8.95. The molecule has 3 aromatic carbocycles. The molecule has 0 saturated heterocycles. The lowest BCUT2D eigenvalue weighted by atomic mass is 10.0. The van der Waals surface area contributed by atoms with Gasteiger partial charge in [-0.15, -0.1) is 0 Å². The molecule has 0 saturated carbocycles. The first-order chi connectivity index (χ1) is 13.2.